The van der Waals surface area contributed by atoms with Gasteiger partial charge in [0, 0.05) is 19.6 Å². The van der Waals surface area contributed by atoms with E-state index in [1.165, 1.54) is 0 Å². The molecular formula is C20H24N2O4S. The predicted octanol–water partition coefficient (Wildman–Crippen LogP) is 2.88. The third kappa shape index (κ3) is 5.55. The van der Waals surface area contributed by atoms with E-state index in [1.54, 1.807) is 17.0 Å². The number of amides is 1. The second-order valence-corrected chi connectivity index (χ2v) is 8.62. The molecule has 1 saturated heterocycles. The Bertz CT molecular complexity index is 884. The van der Waals surface area contributed by atoms with Gasteiger partial charge in [-0.2, -0.15) is 0 Å². The third-order valence-corrected chi connectivity index (χ3v) is 5.22. The summed E-state index contributed by atoms with van der Waals surface area (Å²) in [5.74, 6) is 1.21. The van der Waals surface area contributed by atoms with Gasteiger partial charge in [-0.1, -0.05) is 30.3 Å². The van der Waals surface area contributed by atoms with Crippen LogP contribution >= 0.6 is 0 Å². The normalized spacial score (nSPS) is 17.5. The lowest BCUT2D eigenvalue weighted by Crippen LogP contribution is -2.43. The molecule has 144 valence electrons. The van der Waals surface area contributed by atoms with E-state index < -0.39 is 10.0 Å². The van der Waals surface area contributed by atoms with Crippen LogP contribution in [0.15, 0.2) is 54.6 Å². The van der Waals surface area contributed by atoms with Gasteiger partial charge < -0.3 is 9.64 Å². The summed E-state index contributed by atoms with van der Waals surface area (Å²) in [5, 5.41) is 0. The smallest absolute Gasteiger partial charge is 0.257 e. The van der Waals surface area contributed by atoms with Crippen molar-refractivity contribution in [1.82, 2.24) is 9.62 Å². The molecule has 1 aliphatic rings. The van der Waals surface area contributed by atoms with E-state index in [2.05, 4.69) is 4.72 Å². The van der Waals surface area contributed by atoms with Crippen molar-refractivity contribution in [3.63, 3.8) is 0 Å². The number of piperidine rings is 1. The van der Waals surface area contributed by atoms with E-state index in [9.17, 15) is 13.2 Å². The molecule has 0 bridgehead atoms. The van der Waals surface area contributed by atoms with Crippen LogP contribution in [0, 0.1) is 5.92 Å². The van der Waals surface area contributed by atoms with E-state index >= 15 is 0 Å². The third-order valence-electron chi connectivity index (χ3n) is 4.53. The van der Waals surface area contributed by atoms with Crippen LogP contribution in [0.25, 0.3) is 0 Å². The number of para-hydroxylation sites is 2. The number of hydrogen-bond donors (Lipinski definition) is 1. The van der Waals surface area contributed by atoms with Crippen LogP contribution in [-0.2, 0) is 10.0 Å². The van der Waals surface area contributed by atoms with Crippen LogP contribution in [0.1, 0.15) is 23.2 Å². The van der Waals surface area contributed by atoms with E-state index in [-0.39, 0.29) is 11.8 Å². The fourth-order valence-electron chi connectivity index (χ4n) is 3.20. The average molecular weight is 388 g/mol. The summed E-state index contributed by atoms with van der Waals surface area (Å²) < 4.78 is 31.1. The van der Waals surface area contributed by atoms with Crippen LogP contribution in [0.2, 0.25) is 0 Å². The number of nitrogens with zero attached hydrogens (tertiary/aromatic N) is 1. The molecule has 1 heterocycles. The van der Waals surface area contributed by atoms with Crippen molar-refractivity contribution in [3.8, 4) is 11.5 Å². The Morgan fingerprint density at radius 1 is 1.15 bits per heavy atom. The van der Waals surface area contributed by atoms with Crippen molar-refractivity contribution < 1.29 is 17.9 Å². The van der Waals surface area contributed by atoms with Crippen molar-refractivity contribution in [1.29, 1.82) is 0 Å². The summed E-state index contributed by atoms with van der Waals surface area (Å²) in [4.78, 5) is 14.8. The zero-order valence-corrected chi connectivity index (χ0v) is 16.1. The Balaban J connectivity index is 1.72. The molecule has 1 N–H and O–H groups in total. The molecule has 0 aromatic heterocycles. The summed E-state index contributed by atoms with van der Waals surface area (Å²) in [6.07, 6.45) is 2.90. The zero-order chi connectivity index (χ0) is 19.3. The number of nitrogens with one attached hydrogen (secondary N) is 1. The van der Waals surface area contributed by atoms with Crippen molar-refractivity contribution in [2.75, 3.05) is 25.9 Å². The molecule has 2 aromatic rings. The number of carbonyl (C=O) groups is 1. The van der Waals surface area contributed by atoms with Gasteiger partial charge in [0.25, 0.3) is 5.91 Å². The average Bonchev–Trinajstić information content (AvgIpc) is 2.67. The molecule has 1 atom stereocenters. The number of benzene rings is 2. The maximum Gasteiger partial charge on any atom is 0.257 e. The highest BCUT2D eigenvalue weighted by atomic mass is 32.2. The summed E-state index contributed by atoms with van der Waals surface area (Å²) in [6.45, 7) is 1.54. The molecule has 1 fully saturated rings. The van der Waals surface area contributed by atoms with Gasteiger partial charge in [0.2, 0.25) is 10.0 Å². The van der Waals surface area contributed by atoms with E-state index in [4.69, 9.17) is 4.74 Å². The van der Waals surface area contributed by atoms with Crippen LogP contribution in [0.5, 0.6) is 11.5 Å². The van der Waals surface area contributed by atoms with Gasteiger partial charge in [0.1, 0.15) is 11.5 Å². The molecular weight excluding hydrogens is 364 g/mol. The molecule has 1 aliphatic heterocycles. The first kappa shape index (κ1) is 19.4. The molecule has 0 saturated carbocycles. The molecule has 0 spiro atoms. The molecule has 1 amide bonds. The molecule has 2 aromatic carbocycles. The van der Waals surface area contributed by atoms with Crippen molar-refractivity contribution in [2.24, 2.45) is 5.92 Å². The monoisotopic (exact) mass is 388 g/mol. The SMILES string of the molecule is CS(=O)(=O)NC[C@H]1CCCN(C(=O)c2ccccc2Oc2ccccc2)C1. The van der Waals surface area contributed by atoms with Gasteiger partial charge in [-0.15, -0.1) is 0 Å². The zero-order valence-electron chi connectivity index (χ0n) is 15.3. The number of rotatable bonds is 6. The molecule has 0 radical (unpaired) electrons. The fraction of sp³-hybridized carbons (Fsp3) is 0.350. The molecule has 7 heteroatoms. The predicted molar refractivity (Wildman–Crippen MR) is 104 cm³/mol. The first-order chi connectivity index (χ1) is 12.9. The maximum absolute atomic E-state index is 13.1. The van der Waals surface area contributed by atoms with Crippen molar-refractivity contribution in [3.05, 3.63) is 60.2 Å². The van der Waals surface area contributed by atoms with Gasteiger partial charge in [0.15, 0.2) is 0 Å². The summed E-state index contributed by atoms with van der Waals surface area (Å²) in [7, 11) is -3.23. The quantitative estimate of drug-likeness (QED) is 0.826. The number of ether oxygens (including phenoxy) is 1. The Morgan fingerprint density at radius 2 is 1.85 bits per heavy atom. The highest BCUT2D eigenvalue weighted by Crippen LogP contribution is 2.27. The molecule has 3 rings (SSSR count). The number of hydrogen-bond acceptors (Lipinski definition) is 4. The second kappa shape index (κ2) is 8.54. The summed E-state index contributed by atoms with van der Waals surface area (Å²) in [6, 6.07) is 16.5. The summed E-state index contributed by atoms with van der Waals surface area (Å²) in [5.41, 5.74) is 0.512. The Kier molecular flexibility index (Phi) is 6.13. The van der Waals surface area contributed by atoms with E-state index in [1.807, 2.05) is 42.5 Å². The van der Waals surface area contributed by atoms with Gasteiger partial charge >= 0.3 is 0 Å². The van der Waals surface area contributed by atoms with Gasteiger partial charge in [-0.3, -0.25) is 4.79 Å². The maximum atomic E-state index is 13.1. The second-order valence-electron chi connectivity index (χ2n) is 6.79. The number of sulfonamides is 1. The van der Waals surface area contributed by atoms with E-state index in [0.717, 1.165) is 19.1 Å². The lowest BCUT2D eigenvalue weighted by atomic mass is 9.97. The molecule has 6 nitrogen and oxygen atoms in total. The van der Waals surface area contributed by atoms with Crippen LogP contribution in [0.3, 0.4) is 0 Å². The van der Waals surface area contributed by atoms with Crippen LogP contribution in [0.4, 0.5) is 0 Å². The fourth-order valence-corrected chi connectivity index (χ4v) is 3.74. The largest absolute Gasteiger partial charge is 0.457 e. The molecule has 27 heavy (non-hydrogen) atoms. The first-order valence-corrected chi connectivity index (χ1v) is 10.9. The van der Waals surface area contributed by atoms with Crippen molar-refractivity contribution >= 4 is 15.9 Å². The number of carbonyl (C=O) groups excluding carboxylic acids is 1. The van der Waals surface area contributed by atoms with Crippen LogP contribution < -0.4 is 9.46 Å². The lowest BCUT2D eigenvalue weighted by Gasteiger charge is -2.33. The molecule has 0 unspecified atom stereocenters. The number of likely N-dealkylation sites (tertiary alicyclic amines) is 1. The minimum Gasteiger partial charge on any atom is -0.457 e. The highest BCUT2D eigenvalue weighted by molar-refractivity contribution is 7.88. The first-order valence-electron chi connectivity index (χ1n) is 8.98. The lowest BCUT2D eigenvalue weighted by molar-refractivity contribution is 0.0674. The molecule has 0 aliphatic carbocycles. The van der Waals surface area contributed by atoms with E-state index in [0.29, 0.717) is 36.7 Å². The van der Waals surface area contributed by atoms with Crippen molar-refractivity contribution in [2.45, 2.75) is 12.8 Å². The Labute approximate surface area is 160 Å². The minimum absolute atomic E-state index is 0.0920. The van der Waals surface area contributed by atoms with Gasteiger partial charge in [-0.25, -0.2) is 13.1 Å². The standard InChI is InChI=1S/C20H24N2O4S/c1-27(24,25)21-14-16-8-7-13-22(15-16)20(23)18-11-5-6-12-19(18)26-17-9-3-2-4-10-17/h2-6,9-12,16,21H,7-8,13-15H2,1H3/t16-/m1/s1. The van der Waals surface area contributed by atoms with Crippen LogP contribution in [-0.4, -0.2) is 45.1 Å². The topological polar surface area (TPSA) is 75.7 Å². The van der Waals surface area contributed by atoms with Gasteiger partial charge in [0.05, 0.1) is 11.8 Å². The summed E-state index contributed by atoms with van der Waals surface area (Å²) >= 11 is 0. The highest BCUT2D eigenvalue weighted by Gasteiger charge is 2.26. The van der Waals surface area contributed by atoms with Gasteiger partial charge in [-0.05, 0) is 43.0 Å². The minimum atomic E-state index is -3.23. The Hall–Kier alpha value is -2.38. The Morgan fingerprint density at radius 3 is 2.59 bits per heavy atom.